The van der Waals surface area contributed by atoms with Gasteiger partial charge in [0.2, 0.25) is 0 Å². The number of ether oxygens (including phenoxy) is 1. The Hall–Kier alpha value is -0.870. The van der Waals surface area contributed by atoms with E-state index >= 15 is 0 Å². The van der Waals surface area contributed by atoms with Gasteiger partial charge in [-0.15, -0.1) is 0 Å². The molecule has 1 N–H and O–H groups in total. The molecule has 88 valence electrons. The number of aliphatic hydroxyl groups is 1. The molecule has 0 bridgehead atoms. The van der Waals surface area contributed by atoms with Crippen molar-refractivity contribution in [2.45, 2.75) is 19.4 Å². The van der Waals surface area contributed by atoms with Crippen molar-refractivity contribution < 1.29 is 14.6 Å². The maximum absolute atomic E-state index is 11.4. The van der Waals surface area contributed by atoms with Crippen LogP contribution in [0.15, 0.2) is 28.7 Å². The molecule has 1 rings (SSSR count). The van der Waals surface area contributed by atoms with Crippen LogP contribution in [0, 0.1) is 5.92 Å². The molecule has 2 unspecified atom stereocenters. The van der Waals surface area contributed by atoms with Gasteiger partial charge in [0.1, 0.15) is 0 Å². The van der Waals surface area contributed by atoms with E-state index in [2.05, 4.69) is 20.7 Å². The lowest BCUT2D eigenvalue weighted by Crippen LogP contribution is -2.22. The molecule has 1 aromatic rings. The zero-order chi connectivity index (χ0) is 12.1. The fraction of sp³-hybridized carbons (Fsp3) is 0.417. The summed E-state index contributed by atoms with van der Waals surface area (Å²) in [5, 5.41) is 10.1. The second-order valence-electron chi connectivity index (χ2n) is 3.54. The lowest BCUT2D eigenvalue weighted by Gasteiger charge is -2.19. The predicted molar refractivity (Wildman–Crippen MR) is 64.9 cm³/mol. The normalized spacial score (nSPS) is 14.2. The van der Waals surface area contributed by atoms with Crippen molar-refractivity contribution in [3.8, 4) is 0 Å². The summed E-state index contributed by atoms with van der Waals surface area (Å²) in [7, 11) is 1.33. The summed E-state index contributed by atoms with van der Waals surface area (Å²) < 4.78 is 5.54. The molecule has 0 spiro atoms. The van der Waals surface area contributed by atoms with E-state index in [-0.39, 0.29) is 5.97 Å². The molecule has 0 radical (unpaired) electrons. The van der Waals surface area contributed by atoms with Gasteiger partial charge in [0.05, 0.1) is 19.1 Å². The minimum atomic E-state index is -0.824. The van der Waals surface area contributed by atoms with Crippen molar-refractivity contribution >= 4 is 21.9 Å². The Kier molecular flexibility index (Phi) is 4.96. The number of hydrogen-bond acceptors (Lipinski definition) is 3. The van der Waals surface area contributed by atoms with Crippen LogP contribution in [0.3, 0.4) is 0 Å². The smallest absolute Gasteiger partial charge is 0.311 e. The Morgan fingerprint density at radius 3 is 2.75 bits per heavy atom. The summed E-state index contributed by atoms with van der Waals surface area (Å²) in [4.78, 5) is 11.4. The second-order valence-corrected chi connectivity index (χ2v) is 4.45. The molecular weight excluding hydrogens is 272 g/mol. The van der Waals surface area contributed by atoms with Gasteiger partial charge in [-0.25, -0.2) is 0 Å². The first kappa shape index (κ1) is 13.2. The molecule has 0 aliphatic heterocycles. The fourth-order valence-corrected chi connectivity index (χ4v) is 2.01. The topological polar surface area (TPSA) is 46.5 Å². The van der Waals surface area contributed by atoms with Crippen LogP contribution in [0.2, 0.25) is 0 Å². The van der Waals surface area contributed by atoms with Crippen LogP contribution in [-0.2, 0) is 9.53 Å². The van der Waals surface area contributed by atoms with E-state index in [0.717, 1.165) is 4.47 Å². The largest absolute Gasteiger partial charge is 0.469 e. The van der Waals surface area contributed by atoms with Gasteiger partial charge in [-0.3, -0.25) is 4.79 Å². The van der Waals surface area contributed by atoms with Gasteiger partial charge in [-0.05, 0) is 24.1 Å². The van der Waals surface area contributed by atoms with Crippen molar-refractivity contribution in [1.29, 1.82) is 0 Å². The first-order valence-corrected chi connectivity index (χ1v) is 5.90. The molecule has 16 heavy (non-hydrogen) atoms. The molecular formula is C12H15BrO3. The molecule has 0 saturated heterocycles. The third kappa shape index (κ3) is 3.06. The Bertz CT molecular complexity index is 365. The molecule has 0 saturated carbocycles. The average Bonchev–Trinajstić information content (AvgIpc) is 2.29. The number of benzene rings is 1. The van der Waals surface area contributed by atoms with Crippen LogP contribution < -0.4 is 0 Å². The molecule has 0 aromatic heterocycles. The molecule has 0 fully saturated rings. The minimum Gasteiger partial charge on any atom is -0.469 e. The Morgan fingerprint density at radius 2 is 2.25 bits per heavy atom. The summed E-state index contributed by atoms with van der Waals surface area (Å²) in [5.74, 6) is -0.894. The van der Waals surface area contributed by atoms with Crippen LogP contribution in [0.25, 0.3) is 0 Å². The Morgan fingerprint density at radius 1 is 1.56 bits per heavy atom. The van der Waals surface area contributed by atoms with E-state index in [1.54, 1.807) is 12.1 Å². The molecule has 0 amide bonds. The molecule has 2 atom stereocenters. The summed E-state index contributed by atoms with van der Waals surface area (Å²) >= 11 is 3.33. The zero-order valence-electron chi connectivity index (χ0n) is 9.31. The van der Waals surface area contributed by atoms with E-state index in [0.29, 0.717) is 12.0 Å². The summed E-state index contributed by atoms with van der Waals surface area (Å²) in [6.45, 7) is 1.85. The number of carbonyl (C=O) groups is 1. The maximum atomic E-state index is 11.4. The van der Waals surface area contributed by atoms with Crippen molar-refractivity contribution in [2.24, 2.45) is 5.92 Å². The van der Waals surface area contributed by atoms with Gasteiger partial charge >= 0.3 is 5.97 Å². The van der Waals surface area contributed by atoms with Gasteiger partial charge in [0, 0.05) is 4.47 Å². The highest BCUT2D eigenvalue weighted by Crippen LogP contribution is 2.27. The third-order valence-corrected chi connectivity index (χ3v) is 3.01. The molecule has 1 aromatic carbocycles. The highest BCUT2D eigenvalue weighted by atomic mass is 79.9. The number of methoxy groups -OCH3 is 1. The van der Waals surface area contributed by atoms with Gasteiger partial charge in [0.25, 0.3) is 0 Å². The van der Waals surface area contributed by atoms with Gasteiger partial charge in [-0.1, -0.05) is 35.0 Å². The number of carbonyl (C=O) groups excluding carboxylic acids is 1. The summed E-state index contributed by atoms with van der Waals surface area (Å²) in [6.07, 6.45) is -0.282. The van der Waals surface area contributed by atoms with E-state index in [4.69, 9.17) is 0 Å². The number of halogens is 1. The van der Waals surface area contributed by atoms with Crippen LogP contribution in [-0.4, -0.2) is 18.2 Å². The lowest BCUT2D eigenvalue weighted by molar-refractivity contribution is -0.149. The molecule has 4 heteroatoms. The van der Waals surface area contributed by atoms with Gasteiger partial charge < -0.3 is 9.84 Å². The quantitative estimate of drug-likeness (QED) is 0.866. The fourth-order valence-electron chi connectivity index (χ4n) is 1.59. The van der Waals surface area contributed by atoms with Gasteiger partial charge in [0.15, 0.2) is 0 Å². The monoisotopic (exact) mass is 286 g/mol. The molecule has 0 aliphatic rings. The van der Waals surface area contributed by atoms with Crippen LogP contribution in [0.5, 0.6) is 0 Å². The minimum absolute atomic E-state index is 0.380. The third-order valence-electron chi connectivity index (χ3n) is 2.52. The highest BCUT2D eigenvalue weighted by molar-refractivity contribution is 9.10. The Labute approximate surface area is 104 Å². The number of rotatable bonds is 4. The first-order chi connectivity index (χ1) is 7.60. The van der Waals surface area contributed by atoms with Crippen LogP contribution >= 0.6 is 15.9 Å². The lowest BCUT2D eigenvalue weighted by atomic mass is 9.94. The first-order valence-electron chi connectivity index (χ1n) is 5.11. The Balaban J connectivity index is 2.90. The maximum Gasteiger partial charge on any atom is 0.311 e. The van der Waals surface area contributed by atoms with Crippen molar-refractivity contribution in [3.63, 3.8) is 0 Å². The average molecular weight is 287 g/mol. The van der Waals surface area contributed by atoms with Gasteiger partial charge in [-0.2, -0.15) is 0 Å². The standard InChI is InChI=1S/C12H15BrO3/c1-3-10(12(15)16-2)11(14)8-5-4-6-9(13)7-8/h4-7,10-11,14H,3H2,1-2H3. The molecule has 3 nitrogen and oxygen atoms in total. The number of hydrogen-bond donors (Lipinski definition) is 1. The SMILES string of the molecule is CCC(C(=O)OC)C(O)c1cccc(Br)c1. The predicted octanol–water partition coefficient (Wildman–Crippen LogP) is 2.68. The highest BCUT2D eigenvalue weighted by Gasteiger charge is 2.27. The molecule has 0 aliphatic carbocycles. The summed E-state index contributed by atoms with van der Waals surface area (Å²) in [5.41, 5.74) is 0.714. The van der Waals surface area contributed by atoms with Crippen molar-refractivity contribution in [2.75, 3.05) is 7.11 Å². The van der Waals surface area contributed by atoms with E-state index in [1.165, 1.54) is 7.11 Å². The number of aliphatic hydroxyl groups excluding tert-OH is 1. The summed E-state index contributed by atoms with van der Waals surface area (Å²) in [6, 6.07) is 7.29. The number of esters is 1. The molecule has 0 heterocycles. The zero-order valence-corrected chi connectivity index (χ0v) is 10.9. The van der Waals surface area contributed by atoms with E-state index in [9.17, 15) is 9.90 Å². The van der Waals surface area contributed by atoms with Crippen LogP contribution in [0.1, 0.15) is 25.0 Å². The van der Waals surface area contributed by atoms with E-state index < -0.39 is 12.0 Å². The second kappa shape index (κ2) is 6.01. The van der Waals surface area contributed by atoms with Crippen LogP contribution in [0.4, 0.5) is 0 Å². The van der Waals surface area contributed by atoms with E-state index in [1.807, 2.05) is 19.1 Å². The van der Waals surface area contributed by atoms with Crippen molar-refractivity contribution in [1.82, 2.24) is 0 Å². The van der Waals surface area contributed by atoms with Crippen molar-refractivity contribution in [3.05, 3.63) is 34.3 Å².